The van der Waals surface area contributed by atoms with Crippen molar-refractivity contribution in [1.29, 1.82) is 0 Å². The van der Waals surface area contributed by atoms with E-state index in [9.17, 15) is 9.59 Å². The summed E-state index contributed by atoms with van der Waals surface area (Å²) in [5, 5.41) is 13.7. The maximum Gasteiger partial charge on any atom is 0.221 e. The molecule has 1 rings (SSSR count). The first-order chi connectivity index (χ1) is 14.7. The first-order valence-corrected chi connectivity index (χ1v) is 12.7. The Hall–Kier alpha value is -0.980. The molecule has 0 aromatic rings. The Labute approximate surface area is 185 Å². The fourth-order valence-corrected chi connectivity index (χ4v) is 3.93. The fraction of sp³-hybridized carbons (Fsp3) is 0.917. The quantitative estimate of drug-likeness (QED) is 0.405. The molecule has 30 heavy (non-hydrogen) atoms. The molecular formula is C24H48N4O2. The zero-order valence-corrected chi connectivity index (χ0v) is 19.5. The lowest BCUT2D eigenvalue weighted by Crippen LogP contribution is -2.37. The molecule has 1 saturated heterocycles. The number of rotatable bonds is 10. The zero-order valence-electron chi connectivity index (χ0n) is 19.5. The molecule has 0 aromatic heterocycles. The summed E-state index contributed by atoms with van der Waals surface area (Å²) < 4.78 is 0. The van der Waals surface area contributed by atoms with E-state index in [-0.39, 0.29) is 11.9 Å². The second kappa shape index (κ2) is 20.0. The van der Waals surface area contributed by atoms with Crippen LogP contribution < -0.4 is 21.3 Å². The van der Waals surface area contributed by atoms with Gasteiger partial charge in [0.1, 0.15) is 5.78 Å². The minimum absolute atomic E-state index is 0.171. The van der Waals surface area contributed by atoms with Crippen LogP contribution in [0.4, 0.5) is 0 Å². The van der Waals surface area contributed by atoms with E-state index >= 15 is 0 Å². The summed E-state index contributed by atoms with van der Waals surface area (Å²) in [4.78, 5) is 23.9. The standard InChI is InChI=1S/C24H48N4O2/c1-2-12-23(29)14-7-5-3-4-6-13-22-21-24(30)28-20-11-18-26-16-9-8-15-25-17-10-19-27-22/h22,25-27H,2-21H2,1H3,(H,28,30)/t22-/m1/s1. The molecule has 1 aliphatic heterocycles. The lowest BCUT2D eigenvalue weighted by molar-refractivity contribution is -0.121. The number of nitrogens with one attached hydrogen (secondary N) is 4. The highest BCUT2D eigenvalue weighted by Gasteiger charge is 2.13. The van der Waals surface area contributed by atoms with Crippen LogP contribution in [-0.4, -0.2) is 57.0 Å². The first kappa shape index (κ1) is 27.1. The van der Waals surface area contributed by atoms with Crippen LogP contribution >= 0.6 is 0 Å². The summed E-state index contributed by atoms with van der Waals surface area (Å²) in [5.41, 5.74) is 0. The largest absolute Gasteiger partial charge is 0.356 e. The van der Waals surface area contributed by atoms with E-state index in [0.717, 1.165) is 97.1 Å². The number of amides is 1. The number of carbonyl (C=O) groups is 2. The Morgan fingerprint density at radius 1 is 0.800 bits per heavy atom. The van der Waals surface area contributed by atoms with Crippen LogP contribution in [0.1, 0.15) is 96.8 Å². The summed E-state index contributed by atoms with van der Waals surface area (Å²) in [6, 6.07) is 0.268. The van der Waals surface area contributed by atoms with Crippen molar-refractivity contribution in [3.63, 3.8) is 0 Å². The summed E-state index contributed by atoms with van der Waals surface area (Å²) >= 11 is 0. The number of hydrogen-bond donors (Lipinski definition) is 4. The summed E-state index contributed by atoms with van der Waals surface area (Å²) in [6.07, 6.45) is 14.3. The first-order valence-electron chi connectivity index (χ1n) is 12.7. The highest BCUT2D eigenvalue weighted by molar-refractivity contribution is 5.78. The molecule has 0 aliphatic carbocycles. The Kier molecular flexibility index (Phi) is 18.0. The summed E-state index contributed by atoms with van der Waals surface area (Å²) in [5.74, 6) is 0.587. The molecule has 176 valence electrons. The smallest absolute Gasteiger partial charge is 0.221 e. The van der Waals surface area contributed by atoms with Crippen LogP contribution in [0.2, 0.25) is 0 Å². The molecule has 0 saturated carbocycles. The molecule has 6 nitrogen and oxygen atoms in total. The second-order valence-electron chi connectivity index (χ2n) is 8.71. The average molecular weight is 425 g/mol. The van der Waals surface area contributed by atoms with Gasteiger partial charge in [0.05, 0.1) is 0 Å². The molecule has 0 unspecified atom stereocenters. The molecule has 1 amide bonds. The van der Waals surface area contributed by atoms with Crippen molar-refractivity contribution in [1.82, 2.24) is 21.3 Å². The van der Waals surface area contributed by atoms with Crippen LogP contribution in [0, 0.1) is 0 Å². The molecule has 1 aliphatic rings. The van der Waals surface area contributed by atoms with Crippen molar-refractivity contribution in [2.45, 2.75) is 103 Å². The minimum Gasteiger partial charge on any atom is -0.356 e. The normalized spacial score (nSPS) is 21.0. The van der Waals surface area contributed by atoms with Crippen molar-refractivity contribution >= 4 is 11.7 Å². The van der Waals surface area contributed by atoms with Crippen molar-refractivity contribution in [3.8, 4) is 0 Å². The monoisotopic (exact) mass is 424 g/mol. The third-order valence-corrected chi connectivity index (χ3v) is 5.74. The van der Waals surface area contributed by atoms with Gasteiger partial charge in [-0.15, -0.1) is 0 Å². The molecule has 0 spiro atoms. The minimum atomic E-state index is 0.171. The molecule has 0 aromatic carbocycles. The maximum absolute atomic E-state index is 12.3. The van der Waals surface area contributed by atoms with Crippen molar-refractivity contribution in [2.24, 2.45) is 0 Å². The van der Waals surface area contributed by atoms with Gasteiger partial charge in [0, 0.05) is 31.8 Å². The predicted octanol–water partition coefficient (Wildman–Crippen LogP) is 3.30. The number of carbonyl (C=O) groups excluding carboxylic acids is 2. The van der Waals surface area contributed by atoms with E-state index in [1.165, 1.54) is 25.7 Å². The van der Waals surface area contributed by atoms with Crippen molar-refractivity contribution in [2.75, 3.05) is 39.3 Å². The Bertz CT molecular complexity index is 431. The fourth-order valence-electron chi connectivity index (χ4n) is 3.93. The van der Waals surface area contributed by atoms with Crippen LogP contribution in [0.15, 0.2) is 0 Å². The number of ketones is 1. The average Bonchev–Trinajstić information content (AvgIpc) is 2.72. The zero-order chi connectivity index (χ0) is 21.7. The van der Waals surface area contributed by atoms with Crippen LogP contribution in [0.25, 0.3) is 0 Å². The summed E-state index contributed by atoms with van der Waals surface area (Å²) in [7, 11) is 0. The van der Waals surface area contributed by atoms with Gasteiger partial charge in [0.25, 0.3) is 0 Å². The van der Waals surface area contributed by atoms with Gasteiger partial charge in [0.15, 0.2) is 0 Å². The van der Waals surface area contributed by atoms with Gasteiger partial charge in [-0.25, -0.2) is 0 Å². The van der Waals surface area contributed by atoms with Gasteiger partial charge >= 0.3 is 0 Å². The molecular weight excluding hydrogens is 376 g/mol. The van der Waals surface area contributed by atoms with E-state index in [1.807, 2.05) is 0 Å². The SMILES string of the molecule is CCCC(=O)CCCCCCC[C@@H]1CC(=O)NCCCNCCCCNCCCN1. The Balaban J connectivity index is 2.24. The second-order valence-corrected chi connectivity index (χ2v) is 8.71. The van der Waals surface area contributed by atoms with E-state index in [1.54, 1.807) is 0 Å². The number of hydrogen-bond acceptors (Lipinski definition) is 5. The van der Waals surface area contributed by atoms with Gasteiger partial charge in [-0.05, 0) is 77.7 Å². The molecule has 1 atom stereocenters. The lowest BCUT2D eigenvalue weighted by atomic mass is 10.0. The van der Waals surface area contributed by atoms with E-state index < -0.39 is 0 Å². The van der Waals surface area contributed by atoms with Gasteiger partial charge in [-0.2, -0.15) is 0 Å². The molecule has 6 heteroatoms. The van der Waals surface area contributed by atoms with Crippen LogP contribution in [0.3, 0.4) is 0 Å². The third kappa shape index (κ3) is 16.8. The highest BCUT2D eigenvalue weighted by Crippen LogP contribution is 2.11. The molecule has 0 bridgehead atoms. The maximum atomic E-state index is 12.3. The number of Topliss-reactive ketones (excluding diaryl/α,β-unsaturated/α-hetero) is 1. The van der Waals surface area contributed by atoms with Gasteiger partial charge in [-0.3, -0.25) is 9.59 Å². The van der Waals surface area contributed by atoms with Crippen molar-refractivity contribution in [3.05, 3.63) is 0 Å². The topological polar surface area (TPSA) is 82.3 Å². The molecule has 0 radical (unpaired) electrons. The molecule has 1 heterocycles. The van der Waals surface area contributed by atoms with Crippen LogP contribution in [0.5, 0.6) is 0 Å². The van der Waals surface area contributed by atoms with E-state index in [2.05, 4.69) is 28.2 Å². The van der Waals surface area contributed by atoms with Gasteiger partial charge in [0.2, 0.25) is 5.91 Å². The third-order valence-electron chi connectivity index (χ3n) is 5.74. The Morgan fingerprint density at radius 3 is 2.17 bits per heavy atom. The molecule has 4 N–H and O–H groups in total. The number of unbranched alkanes of at least 4 members (excludes halogenated alkanes) is 4. The van der Waals surface area contributed by atoms with Gasteiger partial charge < -0.3 is 21.3 Å². The van der Waals surface area contributed by atoms with Gasteiger partial charge in [-0.1, -0.05) is 32.6 Å². The van der Waals surface area contributed by atoms with Crippen molar-refractivity contribution < 1.29 is 9.59 Å². The van der Waals surface area contributed by atoms with E-state index in [0.29, 0.717) is 12.2 Å². The van der Waals surface area contributed by atoms with E-state index in [4.69, 9.17) is 0 Å². The highest BCUT2D eigenvalue weighted by atomic mass is 16.1. The Morgan fingerprint density at radius 2 is 1.43 bits per heavy atom. The molecule has 1 fully saturated rings. The predicted molar refractivity (Wildman–Crippen MR) is 126 cm³/mol. The van der Waals surface area contributed by atoms with Crippen LogP contribution in [-0.2, 0) is 9.59 Å². The lowest BCUT2D eigenvalue weighted by Gasteiger charge is -2.19. The summed E-state index contributed by atoms with van der Waals surface area (Å²) in [6.45, 7) is 7.96.